The number of carbonyl (C=O) groups is 6. The van der Waals surface area contributed by atoms with Gasteiger partial charge in [0.2, 0.25) is 0 Å². The van der Waals surface area contributed by atoms with E-state index in [9.17, 15) is 33.9 Å². The van der Waals surface area contributed by atoms with E-state index < -0.39 is 111 Å². The molecule has 0 radical (unpaired) electrons. The summed E-state index contributed by atoms with van der Waals surface area (Å²) in [5.41, 5.74) is 0.750. The third-order valence-electron chi connectivity index (χ3n) is 10.3. The summed E-state index contributed by atoms with van der Waals surface area (Å²) in [6.07, 6.45) is -13.9. The van der Waals surface area contributed by atoms with Crippen LogP contribution in [0.1, 0.15) is 58.7 Å². The van der Waals surface area contributed by atoms with Crippen molar-refractivity contribution in [2.45, 2.75) is 62.0 Å². The first-order valence-corrected chi connectivity index (χ1v) is 20.6. The predicted molar refractivity (Wildman–Crippen MR) is 225 cm³/mol. The highest BCUT2D eigenvalue weighted by atomic mass is 16.8. The fraction of sp³-hybridized carbons (Fsp3) is 0.265. The van der Waals surface area contributed by atoms with Crippen molar-refractivity contribution in [2.75, 3.05) is 19.8 Å². The minimum absolute atomic E-state index is 0.0805. The van der Waals surface area contributed by atoms with Crippen LogP contribution in [0.2, 0.25) is 0 Å². The maximum absolute atomic E-state index is 13.8. The third-order valence-corrected chi connectivity index (χ3v) is 10.3. The van der Waals surface area contributed by atoms with E-state index >= 15 is 0 Å². The van der Waals surface area contributed by atoms with Gasteiger partial charge >= 0.3 is 35.8 Å². The molecular weight excluding hydrogens is 845 g/mol. The zero-order valence-electron chi connectivity index (χ0n) is 34.8. The van der Waals surface area contributed by atoms with Crippen LogP contribution in [0.15, 0.2) is 152 Å². The summed E-state index contributed by atoms with van der Waals surface area (Å²) in [4.78, 5) is 80.5. The number of rotatable bonds is 16. The topological polar surface area (TPSA) is 206 Å². The molecular formula is C49H44O16. The second kappa shape index (κ2) is 21.9. The molecule has 0 amide bonds. The lowest BCUT2D eigenvalue weighted by Gasteiger charge is -2.45. The van der Waals surface area contributed by atoms with Crippen LogP contribution in [0.5, 0.6) is 0 Å². The summed E-state index contributed by atoms with van der Waals surface area (Å²) in [5, 5.41) is 10.8. The second-order valence-corrected chi connectivity index (χ2v) is 14.8. The van der Waals surface area contributed by atoms with Gasteiger partial charge < -0.3 is 47.7 Å². The maximum Gasteiger partial charge on any atom is 0.338 e. The lowest BCUT2D eigenvalue weighted by Crippen LogP contribution is -2.64. The third kappa shape index (κ3) is 11.7. The van der Waals surface area contributed by atoms with Gasteiger partial charge in [-0.1, -0.05) is 91.0 Å². The summed E-state index contributed by atoms with van der Waals surface area (Å²) in [6, 6.07) is 39.8. The van der Waals surface area contributed by atoms with Crippen LogP contribution in [0.3, 0.4) is 0 Å². The average molecular weight is 889 g/mol. The highest BCUT2D eigenvalue weighted by molar-refractivity contribution is 5.91. The van der Waals surface area contributed by atoms with Crippen molar-refractivity contribution >= 4 is 35.8 Å². The van der Waals surface area contributed by atoms with Gasteiger partial charge in [0.1, 0.15) is 37.6 Å². The van der Waals surface area contributed by atoms with Crippen molar-refractivity contribution < 1.29 is 76.5 Å². The molecule has 2 fully saturated rings. The van der Waals surface area contributed by atoms with Crippen molar-refractivity contribution in [3.63, 3.8) is 0 Å². The molecule has 0 spiro atoms. The molecule has 5 aromatic rings. The van der Waals surface area contributed by atoms with Gasteiger partial charge in [0.25, 0.3) is 0 Å². The highest BCUT2D eigenvalue weighted by Gasteiger charge is 2.57. The van der Waals surface area contributed by atoms with E-state index in [2.05, 4.69) is 0 Å². The van der Waals surface area contributed by atoms with E-state index in [4.69, 9.17) is 42.6 Å². The summed E-state index contributed by atoms with van der Waals surface area (Å²) in [6.45, 7) is -0.805. The molecule has 0 aromatic heterocycles. The first-order chi connectivity index (χ1) is 31.6. The molecule has 1 N–H and O–H groups in total. The quantitative estimate of drug-likeness (QED) is 0.100. The number of aliphatic hydroxyl groups is 1. The van der Waals surface area contributed by atoms with Crippen LogP contribution in [-0.2, 0) is 47.4 Å². The van der Waals surface area contributed by atoms with Gasteiger partial charge in [0.15, 0.2) is 30.7 Å². The smallest absolute Gasteiger partial charge is 0.338 e. The molecule has 2 saturated heterocycles. The van der Waals surface area contributed by atoms with E-state index in [1.165, 1.54) is 48.5 Å². The molecule has 2 aliphatic heterocycles. The van der Waals surface area contributed by atoms with Crippen molar-refractivity contribution in [2.24, 2.45) is 0 Å². The average Bonchev–Trinajstić information content (AvgIpc) is 3.66. The Bertz CT molecular complexity index is 2380. The fourth-order valence-electron chi connectivity index (χ4n) is 7.19. The van der Waals surface area contributed by atoms with Crippen molar-refractivity contribution in [1.29, 1.82) is 0 Å². The minimum Gasteiger partial charge on any atom is -0.459 e. The fourth-order valence-corrected chi connectivity index (χ4v) is 7.19. The molecule has 2 aliphatic rings. The largest absolute Gasteiger partial charge is 0.459 e. The number of benzene rings is 5. The molecule has 16 heteroatoms. The van der Waals surface area contributed by atoms with Crippen LogP contribution in [0.4, 0.5) is 0 Å². The number of carbonyl (C=O) groups excluding carboxylic acids is 6. The Labute approximate surface area is 372 Å². The zero-order valence-corrected chi connectivity index (χ0v) is 34.8. The van der Waals surface area contributed by atoms with Gasteiger partial charge in [0.05, 0.1) is 34.4 Å². The van der Waals surface area contributed by atoms with Crippen molar-refractivity contribution in [3.05, 3.63) is 179 Å². The Hall–Kier alpha value is -7.24. The summed E-state index contributed by atoms with van der Waals surface area (Å²) >= 11 is 0. The molecule has 0 aliphatic carbocycles. The number of esters is 6. The molecule has 65 heavy (non-hydrogen) atoms. The van der Waals surface area contributed by atoms with Crippen molar-refractivity contribution in [3.8, 4) is 0 Å². The van der Waals surface area contributed by atoms with Crippen LogP contribution in [0.25, 0.3) is 0 Å². The number of aliphatic hydroxyl groups excluding tert-OH is 1. The monoisotopic (exact) mass is 888 g/mol. The molecule has 0 unspecified atom stereocenters. The van der Waals surface area contributed by atoms with Gasteiger partial charge in [-0.3, -0.25) is 4.79 Å². The van der Waals surface area contributed by atoms with Crippen LogP contribution >= 0.6 is 0 Å². The van der Waals surface area contributed by atoms with Gasteiger partial charge in [0, 0.05) is 6.92 Å². The second-order valence-electron chi connectivity index (χ2n) is 14.8. The van der Waals surface area contributed by atoms with Gasteiger partial charge in [-0.15, -0.1) is 0 Å². The molecule has 0 bridgehead atoms. The number of hydrogen-bond acceptors (Lipinski definition) is 16. The Kier molecular flexibility index (Phi) is 15.4. The normalized spacial score (nSPS) is 23.6. The Balaban J connectivity index is 1.26. The van der Waals surface area contributed by atoms with Crippen molar-refractivity contribution in [1.82, 2.24) is 0 Å². The molecule has 9 atom stereocenters. The minimum atomic E-state index is -1.80. The SMILES string of the molecule is CC(=O)O[C@H]1[C@H](O[C@H]2[C@H](OC(=O)c3ccccc3)[C@@H](COC(=O)c3ccccc3)O[C@@H]2COC(=O)c2ccccc2)O[C@@H](CO)[C@@H](OC(=O)c2ccccc2)[C@@H]1OC(=O)c1ccccc1. The van der Waals surface area contributed by atoms with Crippen LogP contribution < -0.4 is 0 Å². The first kappa shape index (κ1) is 45.8. The standard InChI is InChI=1S/C49H44O16/c1-30(51)59-43-42(64-48(56)35-25-15-6-16-26-35)39(62-46(54)33-21-11-4-12-22-33)36(27-50)61-49(43)65-41-38(29-58-45(53)32-19-9-3-10-20-32)60-37(28-57-44(52)31-17-7-2-8-18-31)40(41)63-47(55)34-23-13-5-14-24-34/h2-26,36-43,49-50H,27-29H2,1H3/t36-,37+,38+,39+,40+,41+,42-,43+,49-/m0/s1. The van der Waals surface area contributed by atoms with Gasteiger partial charge in [-0.25, -0.2) is 24.0 Å². The van der Waals surface area contributed by atoms with Gasteiger partial charge in [-0.05, 0) is 60.7 Å². The van der Waals surface area contributed by atoms with E-state index in [-0.39, 0.29) is 27.8 Å². The molecule has 0 saturated carbocycles. The first-order valence-electron chi connectivity index (χ1n) is 20.6. The molecule has 5 aromatic carbocycles. The van der Waals surface area contributed by atoms with E-state index in [1.54, 1.807) is 103 Å². The van der Waals surface area contributed by atoms with Crippen LogP contribution in [-0.4, -0.2) is 116 Å². The van der Waals surface area contributed by atoms with Crippen LogP contribution in [0, 0.1) is 0 Å². The Morgan fingerprint density at radius 2 is 0.754 bits per heavy atom. The van der Waals surface area contributed by atoms with E-state index in [0.29, 0.717) is 0 Å². The van der Waals surface area contributed by atoms with E-state index in [0.717, 1.165) is 6.92 Å². The Morgan fingerprint density at radius 3 is 1.12 bits per heavy atom. The van der Waals surface area contributed by atoms with Gasteiger partial charge in [-0.2, -0.15) is 0 Å². The molecule has 7 rings (SSSR count). The number of hydrogen-bond donors (Lipinski definition) is 1. The highest BCUT2D eigenvalue weighted by Crippen LogP contribution is 2.36. The summed E-state index contributed by atoms with van der Waals surface area (Å²) in [5.74, 6) is -5.02. The molecule has 336 valence electrons. The lowest BCUT2D eigenvalue weighted by atomic mass is 9.97. The zero-order chi connectivity index (χ0) is 45.7. The summed E-state index contributed by atoms with van der Waals surface area (Å²) in [7, 11) is 0. The molecule has 2 heterocycles. The Morgan fingerprint density at radius 1 is 0.415 bits per heavy atom. The lowest BCUT2D eigenvalue weighted by molar-refractivity contribution is -0.318. The number of ether oxygens (including phenoxy) is 9. The van der Waals surface area contributed by atoms with E-state index in [1.807, 2.05) is 0 Å². The predicted octanol–water partition coefficient (Wildman–Crippen LogP) is 5.18. The maximum atomic E-state index is 13.8. The molecule has 16 nitrogen and oxygen atoms in total. The summed E-state index contributed by atoms with van der Waals surface area (Å²) < 4.78 is 54.2.